The summed E-state index contributed by atoms with van der Waals surface area (Å²) >= 11 is 1.14. The largest absolute Gasteiger partial charge is 0.508 e. The predicted molar refractivity (Wildman–Crippen MR) is 235 cm³/mol. The molecule has 0 spiro atoms. The summed E-state index contributed by atoms with van der Waals surface area (Å²) in [6.45, 7) is 1.09. The van der Waals surface area contributed by atoms with Crippen LogP contribution in [-0.4, -0.2) is 104 Å². The number of unbranched alkanes of at least 4 members (excludes halogenated alkanes) is 2. The van der Waals surface area contributed by atoms with Crippen LogP contribution in [0.25, 0.3) is 33.4 Å². The molecule has 22 heteroatoms. The van der Waals surface area contributed by atoms with Crippen molar-refractivity contribution in [3.05, 3.63) is 103 Å². The summed E-state index contributed by atoms with van der Waals surface area (Å²) in [5, 5.41) is 33.3. The zero-order chi connectivity index (χ0) is 46.6. The van der Waals surface area contributed by atoms with Gasteiger partial charge in [-0.3, -0.25) is 52.0 Å². The number of aliphatic hydroxyl groups is 1. The Morgan fingerprint density at radius 3 is 2.55 bits per heavy atom. The first-order valence-corrected chi connectivity index (χ1v) is 23.0. The van der Waals surface area contributed by atoms with E-state index in [4.69, 9.17) is 22.7 Å². The number of phosphoric ester groups is 1. The minimum absolute atomic E-state index is 0.00128. The molecule has 20 nitrogen and oxygen atoms in total. The fourth-order valence-corrected chi connectivity index (χ4v) is 9.67. The lowest BCUT2D eigenvalue weighted by Gasteiger charge is -2.20. The highest BCUT2D eigenvalue weighted by molar-refractivity contribution is 8.00. The van der Waals surface area contributed by atoms with E-state index >= 15 is 0 Å². The SMILES string of the molecule is COP(=O)(OCCSC1CC(=O)N(CCCCCC(=O)Nc2ccc(-c3c4ccc(=O)cc-4oc4cc(O)ccc34)c(C(=O)O)c2)C1=O)OC[C@H]1O[C@@H](n2cc(C)c(=O)[nH]c2=O)C[C@H]1O. The van der Waals surface area contributed by atoms with Crippen molar-refractivity contribution in [3.63, 3.8) is 0 Å². The summed E-state index contributed by atoms with van der Waals surface area (Å²) in [5.41, 5.74) is 0.313. The fourth-order valence-electron chi connectivity index (χ4n) is 7.62. The quantitative estimate of drug-likeness (QED) is 0.0327. The van der Waals surface area contributed by atoms with Crippen LogP contribution in [0.1, 0.15) is 60.7 Å². The number of aromatic hydroxyl groups is 1. The normalized spacial score (nSPS) is 19.6. The number of rotatable bonds is 19. The molecule has 4 heterocycles. The number of H-pyrrole nitrogens is 1. The first-order chi connectivity index (χ1) is 31.0. The van der Waals surface area contributed by atoms with E-state index in [2.05, 4.69) is 10.3 Å². The van der Waals surface area contributed by atoms with Gasteiger partial charge in [-0.25, -0.2) is 14.2 Å². The van der Waals surface area contributed by atoms with Gasteiger partial charge in [0.15, 0.2) is 5.43 Å². The Morgan fingerprint density at radius 2 is 1.78 bits per heavy atom. The Kier molecular flexibility index (Phi) is 14.5. The summed E-state index contributed by atoms with van der Waals surface area (Å²) in [5.74, 6) is -2.07. The van der Waals surface area contributed by atoms with Crippen molar-refractivity contribution in [1.29, 1.82) is 0 Å². The minimum atomic E-state index is -4.13. The lowest BCUT2D eigenvalue weighted by Crippen LogP contribution is -2.33. The molecule has 5 atom stereocenters. The van der Waals surface area contributed by atoms with Crippen molar-refractivity contribution in [2.45, 2.75) is 69.1 Å². The number of aromatic amines is 1. The molecule has 3 amide bonds. The number of nitrogens with one attached hydrogen (secondary N) is 2. The zero-order valence-corrected chi connectivity index (χ0v) is 36.8. The van der Waals surface area contributed by atoms with Gasteiger partial charge in [-0.05, 0) is 61.7 Å². The number of anilines is 1. The predicted octanol–water partition coefficient (Wildman–Crippen LogP) is 4.62. The average Bonchev–Trinajstić information content (AvgIpc) is 3.77. The molecule has 344 valence electrons. The van der Waals surface area contributed by atoms with Gasteiger partial charge in [0.1, 0.15) is 29.4 Å². The van der Waals surface area contributed by atoms with Crippen LogP contribution in [0, 0.1) is 6.92 Å². The van der Waals surface area contributed by atoms with E-state index in [-0.39, 0.29) is 95.2 Å². The highest BCUT2D eigenvalue weighted by atomic mass is 32.2. The van der Waals surface area contributed by atoms with Gasteiger partial charge in [0.2, 0.25) is 17.7 Å². The minimum Gasteiger partial charge on any atom is -0.508 e. The molecule has 3 aliphatic heterocycles. The van der Waals surface area contributed by atoms with Crippen molar-refractivity contribution in [2.24, 2.45) is 0 Å². The Morgan fingerprint density at radius 1 is 1.00 bits per heavy atom. The van der Waals surface area contributed by atoms with Gasteiger partial charge in [0.05, 0.1) is 30.1 Å². The number of phosphoric acid groups is 1. The molecule has 3 aromatic rings. The maximum Gasteiger partial charge on any atom is 0.474 e. The monoisotopic (exact) mass is 936 g/mol. The number of carboxylic acid groups (broad SMARTS) is 1. The van der Waals surface area contributed by atoms with Gasteiger partial charge in [0.25, 0.3) is 5.56 Å². The van der Waals surface area contributed by atoms with E-state index in [1.54, 1.807) is 24.3 Å². The van der Waals surface area contributed by atoms with Crippen LogP contribution in [0.5, 0.6) is 5.75 Å². The lowest BCUT2D eigenvalue weighted by molar-refractivity contribution is -0.138. The number of thioether (sulfide) groups is 1. The van der Waals surface area contributed by atoms with Gasteiger partial charge >= 0.3 is 19.5 Å². The van der Waals surface area contributed by atoms with Gasteiger partial charge in [0, 0.05) is 84.8 Å². The molecule has 5 N–H and O–H groups in total. The number of hydrogen-bond donors (Lipinski definition) is 5. The number of nitrogens with zero attached hydrogens (tertiary/aromatic N) is 2. The number of aromatic nitrogens is 2. The van der Waals surface area contributed by atoms with Crippen LogP contribution in [-0.2, 0) is 37.3 Å². The number of carbonyl (C=O) groups is 4. The number of fused-ring (bicyclic) bond motifs is 2. The van der Waals surface area contributed by atoms with E-state index in [0.717, 1.165) is 23.4 Å². The number of ether oxygens (including phenoxy) is 1. The van der Waals surface area contributed by atoms with Gasteiger partial charge in [-0.2, -0.15) is 0 Å². The number of aryl methyl sites for hydroxylation is 1. The third kappa shape index (κ3) is 10.8. The first-order valence-electron chi connectivity index (χ1n) is 20.5. The van der Waals surface area contributed by atoms with Crippen LogP contribution >= 0.6 is 19.6 Å². The molecule has 2 unspecified atom stereocenters. The number of carbonyl (C=O) groups excluding carboxylic acids is 3. The lowest BCUT2D eigenvalue weighted by atomic mass is 9.90. The van der Waals surface area contributed by atoms with Crippen LogP contribution in [0.2, 0.25) is 0 Å². The number of aliphatic hydroxyl groups excluding tert-OH is 1. The number of phenolic OH excluding ortho intramolecular Hbond substituents is 1. The van der Waals surface area contributed by atoms with E-state index in [1.165, 1.54) is 48.4 Å². The van der Waals surface area contributed by atoms with Crippen molar-refractivity contribution >= 4 is 59.9 Å². The van der Waals surface area contributed by atoms with E-state index in [0.29, 0.717) is 41.3 Å². The standard InChI is InChI=1S/C43H45N4O16PS/c1-23-21-47(43(57)45-40(23)53)38-19-31(50)34(63-38)22-61-64(58,59-2)60-14-15-65-35-20-37(52)46(41(35)54)13-5-3-4-6-36(51)44-24-7-10-27(30(16-24)42(55)56)39-28-11-8-25(48)17-32(28)62-33-18-26(49)9-12-29(33)39/h7-12,16-18,21,31,34-35,38,48,50H,3-6,13-15,19-20,22H2,1-2H3,(H,44,51)(H,55,56)(H,45,53,57)/t31-,34-,35?,38-,64?/m1/s1. The molecular formula is C43H45N4O16PS. The number of hydrogen-bond acceptors (Lipinski definition) is 16. The van der Waals surface area contributed by atoms with E-state index < -0.39 is 55.3 Å². The Hall–Kier alpha value is -5.93. The van der Waals surface area contributed by atoms with E-state index in [1.807, 2.05) is 0 Å². The van der Waals surface area contributed by atoms with Gasteiger partial charge < -0.3 is 29.8 Å². The molecule has 2 saturated heterocycles. The molecule has 4 aliphatic rings. The number of benzene rings is 3. The Balaban J connectivity index is 0.841. The summed E-state index contributed by atoms with van der Waals surface area (Å²) in [4.78, 5) is 90.7. The van der Waals surface area contributed by atoms with Crippen molar-refractivity contribution in [1.82, 2.24) is 14.5 Å². The van der Waals surface area contributed by atoms with Crippen LogP contribution in [0.4, 0.5) is 5.69 Å². The fraction of sp³-hybridized carbons (Fsp3) is 0.372. The molecule has 1 aliphatic carbocycles. The second kappa shape index (κ2) is 20.1. The summed E-state index contributed by atoms with van der Waals surface area (Å²) in [6.07, 6.45) is -0.269. The van der Waals surface area contributed by atoms with Crippen LogP contribution in [0.15, 0.2) is 79.6 Å². The number of aromatic carboxylic acids is 1. The van der Waals surface area contributed by atoms with Crippen LogP contribution < -0.4 is 22.0 Å². The molecule has 2 aromatic carbocycles. The second-order valence-corrected chi connectivity index (χ2v) is 18.4. The topological polar surface area (TPSA) is 283 Å². The van der Waals surface area contributed by atoms with Crippen LogP contribution in [0.3, 0.4) is 0 Å². The number of phenols is 1. The van der Waals surface area contributed by atoms with Crippen molar-refractivity contribution in [2.75, 3.05) is 37.9 Å². The highest BCUT2D eigenvalue weighted by Crippen LogP contribution is 2.49. The molecule has 2 fully saturated rings. The maximum atomic E-state index is 13.1. The molecule has 7 rings (SSSR count). The third-order valence-electron chi connectivity index (χ3n) is 10.9. The molecule has 0 radical (unpaired) electrons. The number of amides is 3. The Labute approximate surface area is 373 Å². The van der Waals surface area contributed by atoms with Gasteiger partial charge in [-0.1, -0.05) is 12.5 Å². The van der Waals surface area contributed by atoms with Crippen molar-refractivity contribution in [3.8, 4) is 28.2 Å². The smallest absolute Gasteiger partial charge is 0.474 e. The first kappa shape index (κ1) is 47.0. The molecular weight excluding hydrogens is 892 g/mol. The average molecular weight is 937 g/mol. The zero-order valence-electron chi connectivity index (χ0n) is 35.1. The molecule has 0 saturated carbocycles. The summed E-state index contributed by atoms with van der Waals surface area (Å²) in [7, 11) is -3.02. The highest BCUT2D eigenvalue weighted by Gasteiger charge is 2.40. The molecule has 65 heavy (non-hydrogen) atoms. The maximum absolute atomic E-state index is 13.1. The number of imide groups is 1. The summed E-state index contributed by atoms with van der Waals surface area (Å²) in [6, 6.07) is 13.0. The molecule has 1 aromatic heterocycles. The summed E-state index contributed by atoms with van der Waals surface area (Å²) < 4.78 is 41.5. The third-order valence-corrected chi connectivity index (χ3v) is 13.5. The second-order valence-electron chi connectivity index (χ2n) is 15.4. The number of carboxylic acids is 1. The van der Waals surface area contributed by atoms with Crippen molar-refractivity contribution < 1.29 is 61.8 Å². The van der Waals surface area contributed by atoms with E-state index in [9.17, 15) is 53.4 Å². The Bertz CT molecular complexity index is 2840. The van der Waals surface area contributed by atoms with Gasteiger partial charge in [-0.15, -0.1) is 11.8 Å². The molecule has 0 bridgehead atoms. The number of likely N-dealkylation sites (tertiary alicyclic amines) is 1.